The van der Waals surface area contributed by atoms with Crippen LogP contribution in [0, 0.1) is 6.92 Å². The fourth-order valence-corrected chi connectivity index (χ4v) is 1.38. The Balaban J connectivity index is 2.79. The van der Waals surface area contributed by atoms with Crippen molar-refractivity contribution in [3.63, 3.8) is 0 Å². The first-order valence-corrected chi connectivity index (χ1v) is 5.08. The van der Waals surface area contributed by atoms with Gasteiger partial charge in [-0.3, -0.25) is 0 Å². The van der Waals surface area contributed by atoms with Gasteiger partial charge in [-0.15, -0.1) is 0 Å². The van der Waals surface area contributed by atoms with E-state index in [1.165, 1.54) is 6.33 Å². The number of methoxy groups -OCH3 is 1. The molecule has 0 amide bonds. The molecule has 0 saturated heterocycles. The monoisotopic (exact) mass is 226 g/mol. The summed E-state index contributed by atoms with van der Waals surface area (Å²) in [5.41, 5.74) is 0.916. The number of nitrogens with zero attached hydrogens (tertiary/aromatic N) is 2. The summed E-state index contributed by atoms with van der Waals surface area (Å²) in [4.78, 5) is 8.21. The van der Waals surface area contributed by atoms with Crippen molar-refractivity contribution in [2.45, 2.75) is 13.0 Å². The SMILES string of the molecule is CNc1ncnc(NC(CO)COC)c1C. The molecule has 0 saturated carbocycles. The summed E-state index contributed by atoms with van der Waals surface area (Å²) < 4.78 is 4.98. The van der Waals surface area contributed by atoms with Crippen molar-refractivity contribution in [3.8, 4) is 0 Å². The van der Waals surface area contributed by atoms with Gasteiger partial charge in [0, 0.05) is 19.7 Å². The third-order valence-corrected chi connectivity index (χ3v) is 2.25. The van der Waals surface area contributed by atoms with E-state index >= 15 is 0 Å². The van der Waals surface area contributed by atoms with Crippen LogP contribution in [0.25, 0.3) is 0 Å². The van der Waals surface area contributed by atoms with Crippen LogP contribution in [0.3, 0.4) is 0 Å². The molecule has 6 nitrogen and oxygen atoms in total. The van der Waals surface area contributed by atoms with Crippen molar-refractivity contribution in [1.29, 1.82) is 0 Å². The maximum absolute atomic E-state index is 9.13. The number of aliphatic hydroxyl groups excluding tert-OH is 1. The molecule has 16 heavy (non-hydrogen) atoms. The van der Waals surface area contributed by atoms with Gasteiger partial charge in [0.15, 0.2) is 0 Å². The smallest absolute Gasteiger partial charge is 0.134 e. The van der Waals surface area contributed by atoms with Crippen molar-refractivity contribution in [2.24, 2.45) is 0 Å². The number of hydrogen-bond acceptors (Lipinski definition) is 6. The molecule has 3 N–H and O–H groups in total. The van der Waals surface area contributed by atoms with Gasteiger partial charge in [-0.05, 0) is 6.92 Å². The van der Waals surface area contributed by atoms with Gasteiger partial charge >= 0.3 is 0 Å². The minimum atomic E-state index is -0.164. The highest BCUT2D eigenvalue weighted by Crippen LogP contribution is 2.18. The van der Waals surface area contributed by atoms with Crippen LogP contribution in [-0.2, 0) is 4.74 Å². The Kier molecular flexibility index (Phi) is 4.94. The van der Waals surface area contributed by atoms with Crippen LogP contribution >= 0.6 is 0 Å². The van der Waals surface area contributed by atoms with Gasteiger partial charge in [0.1, 0.15) is 18.0 Å². The van der Waals surface area contributed by atoms with E-state index in [-0.39, 0.29) is 12.6 Å². The average molecular weight is 226 g/mol. The van der Waals surface area contributed by atoms with E-state index in [1.807, 2.05) is 6.92 Å². The highest BCUT2D eigenvalue weighted by molar-refractivity contribution is 5.56. The molecular weight excluding hydrogens is 208 g/mol. The lowest BCUT2D eigenvalue weighted by Gasteiger charge is -2.17. The summed E-state index contributed by atoms with van der Waals surface area (Å²) in [6, 6.07) is -0.164. The summed E-state index contributed by atoms with van der Waals surface area (Å²) >= 11 is 0. The molecule has 90 valence electrons. The maximum atomic E-state index is 9.13. The number of nitrogens with one attached hydrogen (secondary N) is 2. The lowest BCUT2D eigenvalue weighted by atomic mass is 10.2. The Morgan fingerprint density at radius 3 is 2.69 bits per heavy atom. The summed E-state index contributed by atoms with van der Waals surface area (Å²) in [6.07, 6.45) is 1.47. The Labute approximate surface area is 95.1 Å². The zero-order chi connectivity index (χ0) is 12.0. The predicted octanol–water partition coefficient (Wildman–Crippen LogP) is 0.246. The molecular formula is C10H18N4O2. The van der Waals surface area contributed by atoms with Crippen molar-refractivity contribution in [3.05, 3.63) is 11.9 Å². The molecule has 0 radical (unpaired) electrons. The zero-order valence-electron chi connectivity index (χ0n) is 9.82. The number of rotatable bonds is 6. The van der Waals surface area contributed by atoms with E-state index in [0.717, 1.165) is 11.4 Å². The lowest BCUT2D eigenvalue weighted by Crippen LogP contribution is -2.29. The Bertz CT molecular complexity index is 333. The van der Waals surface area contributed by atoms with Crippen LogP contribution in [0.2, 0.25) is 0 Å². The normalized spacial score (nSPS) is 12.2. The summed E-state index contributed by atoms with van der Waals surface area (Å²) in [6.45, 7) is 2.33. The molecule has 1 unspecified atom stereocenters. The van der Waals surface area contributed by atoms with Gasteiger partial charge in [0.2, 0.25) is 0 Å². The number of hydrogen-bond donors (Lipinski definition) is 3. The minimum absolute atomic E-state index is 0.00777. The van der Waals surface area contributed by atoms with Crippen molar-refractivity contribution in [2.75, 3.05) is 38.0 Å². The van der Waals surface area contributed by atoms with Crippen molar-refractivity contribution >= 4 is 11.6 Å². The molecule has 1 aromatic heterocycles. The lowest BCUT2D eigenvalue weighted by molar-refractivity contribution is 0.153. The van der Waals surface area contributed by atoms with E-state index in [4.69, 9.17) is 9.84 Å². The van der Waals surface area contributed by atoms with Gasteiger partial charge in [-0.2, -0.15) is 0 Å². The van der Waals surface area contributed by atoms with Gasteiger partial charge in [-0.25, -0.2) is 9.97 Å². The molecule has 0 spiro atoms. The first-order valence-electron chi connectivity index (χ1n) is 5.08. The topological polar surface area (TPSA) is 79.3 Å². The van der Waals surface area contributed by atoms with Crippen LogP contribution in [0.5, 0.6) is 0 Å². The quantitative estimate of drug-likeness (QED) is 0.645. The van der Waals surface area contributed by atoms with Gasteiger partial charge < -0.3 is 20.5 Å². The molecule has 1 atom stereocenters. The molecule has 1 heterocycles. The van der Waals surface area contributed by atoms with E-state index in [0.29, 0.717) is 12.4 Å². The number of aliphatic hydroxyl groups is 1. The van der Waals surface area contributed by atoms with Crippen LogP contribution in [0.4, 0.5) is 11.6 Å². The third-order valence-electron chi connectivity index (χ3n) is 2.25. The predicted molar refractivity (Wildman–Crippen MR) is 62.7 cm³/mol. The molecule has 0 fully saturated rings. The zero-order valence-corrected chi connectivity index (χ0v) is 9.82. The molecule has 1 rings (SSSR count). The Morgan fingerprint density at radius 1 is 1.44 bits per heavy atom. The van der Waals surface area contributed by atoms with E-state index < -0.39 is 0 Å². The second kappa shape index (κ2) is 6.24. The number of ether oxygens (including phenoxy) is 1. The van der Waals surface area contributed by atoms with Crippen LogP contribution in [0.15, 0.2) is 6.33 Å². The first-order chi connectivity index (χ1) is 7.72. The molecule has 0 aliphatic carbocycles. The largest absolute Gasteiger partial charge is 0.394 e. The second-order valence-corrected chi connectivity index (χ2v) is 3.43. The van der Waals surface area contributed by atoms with Crippen LogP contribution < -0.4 is 10.6 Å². The molecule has 0 aliphatic heterocycles. The maximum Gasteiger partial charge on any atom is 0.134 e. The fourth-order valence-electron chi connectivity index (χ4n) is 1.38. The van der Waals surface area contributed by atoms with Crippen molar-refractivity contribution in [1.82, 2.24) is 9.97 Å². The number of anilines is 2. The fraction of sp³-hybridized carbons (Fsp3) is 0.600. The first kappa shape index (κ1) is 12.7. The van der Waals surface area contributed by atoms with E-state index in [9.17, 15) is 0 Å². The summed E-state index contributed by atoms with van der Waals surface area (Å²) in [5, 5.41) is 15.2. The highest BCUT2D eigenvalue weighted by atomic mass is 16.5. The summed E-state index contributed by atoms with van der Waals surface area (Å²) in [5.74, 6) is 1.47. The Hall–Kier alpha value is -1.40. The average Bonchev–Trinajstić information content (AvgIpc) is 2.31. The Morgan fingerprint density at radius 2 is 2.12 bits per heavy atom. The van der Waals surface area contributed by atoms with E-state index in [1.54, 1.807) is 14.2 Å². The molecule has 0 bridgehead atoms. The summed E-state index contributed by atoms with van der Waals surface area (Å²) in [7, 11) is 3.40. The molecule has 1 aromatic rings. The molecule has 6 heteroatoms. The van der Waals surface area contributed by atoms with Gasteiger partial charge in [0.05, 0.1) is 19.3 Å². The molecule has 0 aliphatic rings. The van der Waals surface area contributed by atoms with Crippen molar-refractivity contribution < 1.29 is 9.84 Å². The highest BCUT2D eigenvalue weighted by Gasteiger charge is 2.11. The van der Waals surface area contributed by atoms with Gasteiger partial charge in [0.25, 0.3) is 0 Å². The molecule has 0 aromatic carbocycles. The van der Waals surface area contributed by atoms with E-state index in [2.05, 4.69) is 20.6 Å². The van der Waals surface area contributed by atoms with Crippen LogP contribution in [-0.4, -0.2) is 48.5 Å². The second-order valence-electron chi connectivity index (χ2n) is 3.43. The third kappa shape index (κ3) is 3.04. The number of aromatic nitrogens is 2. The van der Waals surface area contributed by atoms with Gasteiger partial charge in [-0.1, -0.05) is 0 Å². The standard InChI is InChI=1S/C10H18N4O2/c1-7-9(11-2)12-6-13-10(7)14-8(4-15)5-16-3/h6,8,15H,4-5H2,1-3H3,(H2,11,12,13,14). The van der Waals surface area contributed by atoms with Crippen LogP contribution in [0.1, 0.15) is 5.56 Å². The minimum Gasteiger partial charge on any atom is -0.394 e.